The predicted molar refractivity (Wildman–Crippen MR) is 85.8 cm³/mol. The monoisotopic (exact) mass is 262 g/mol. The topological polar surface area (TPSA) is 15.6 Å². The van der Waals surface area contributed by atoms with Gasteiger partial charge < -0.3 is 4.90 Å². The summed E-state index contributed by atoms with van der Waals surface area (Å²) in [6, 6.07) is 0. The van der Waals surface area contributed by atoms with Gasteiger partial charge in [0.2, 0.25) is 0 Å². The third-order valence-electron chi connectivity index (χ3n) is 5.23. The molecule has 1 heterocycles. The van der Waals surface area contributed by atoms with Crippen molar-refractivity contribution in [2.45, 2.75) is 73.4 Å². The van der Waals surface area contributed by atoms with E-state index in [-0.39, 0.29) is 11.1 Å². The number of likely N-dealkylation sites (N-methyl/N-ethyl adjacent to an activating group) is 1. The highest BCUT2D eigenvalue weighted by atomic mass is 15.2. The minimum atomic E-state index is -0.132. The summed E-state index contributed by atoms with van der Waals surface area (Å²) in [5.41, 5.74) is 6.27. The fourth-order valence-electron chi connectivity index (χ4n) is 2.35. The highest BCUT2D eigenvalue weighted by Gasteiger charge is 2.43. The van der Waals surface area contributed by atoms with Gasteiger partial charge in [-0.15, -0.1) is 0 Å². The highest BCUT2D eigenvalue weighted by molar-refractivity contribution is 6.12. The van der Waals surface area contributed by atoms with Crippen molar-refractivity contribution in [2.24, 2.45) is 4.99 Å². The van der Waals surface area contributed by atoms with Crippen LogP contribution < -0.4 is 0 Å². The number of rotatable bonds is 1. The van der Waals surface area contributed by atoms with E-state index < -0.39 is 0 Å². The fourth-order valence-corrected chi connectivity index (χ4v) is 2.35. The zero-order valence-corrected chi connectivity index (χ0v) is 14.4. The Kier molecular flexibility index (Phi) is 4.05. The second-order valence-electron chi connectivity index (χ2n) is 6.97. The minimum absolute atomic E-state index is 0.0119. The molecule has 1 aliphatic heterocycles. The molecule has 2 nitrogen and oxygen atoms in total. The lowest BCUT2D eigenvalue weighted by Crippen LogP contribution is -2.54. The Morgan fingerprint density at radius 2 is 1.47 bits per heavy atom. The summed E-state index contributed by atoms with van der Waals surface area (Å²) in [5, 5.41) is 0. The third-order valence-corrected chi connectivity index (χ3v) is 5.23. The standard InChI is InChI=1S/C17H30N2/c1-11(2)12(3)15-13(4)14(5)19(10)17(8,9)16(6,7)18-15/h1-10H3. The molecule has 0 radical (unpaired) electrons. The van der Waals surface area contributed by atoms with E-state index in [1.165, 1.54) is 28.1 Å². The first-order valence-corrected chi connectivity index (χ1v) is 7.09. The van der Waals surface area contributed by atoms with Crippen LogP contribution in [-0.2, 0) is 0 Å². The van der Waals surface area contributed by atoms with Gasteiger partial charge in [-0.25, -0.2) is 0 Å². The van der Waals surface area contributed by atoms with Gasteiger partial charge in [-0.1, -0.05) is 5.57 Å². The molecule has 108 valence electrons. The lowest BCUT2D eigenvalue weighted by molar-refractivity contribution is 0.122. The summed E-state index contributed by atoms with van der Waals surface area (Å²) in [6.07, 6.45) is 0. The Morgan fingerprint density at radius 1 is 1.00 bits per heavy atom. The number of allylic oxidation sites excluding steroid dienone is 4. The summed E-state index contributed by atoms with van der Waals surface area (Å²) in [4.78, 5) is 7.50. The number of hydrogen-bond acceptors (Lipinski definition) is 2. The van der Waals surface area contributed by atoms with Gasteiger partial charge in [0.1, 0.15) is 0 Å². The normalized spacial score (nSPS) is 22.0. The van der Waals surface area contributed by atoms with Gasteiger partial charge in [-0.2, -0.15) is 0 Å². The molecule has 0 aromatic heterocycles. The lowest BCUT2D eigenvalue weighted by Gasteiger charge is -2.46. The quantitative estimate of drug-likeness (QED) is 0.675. The molecule has 0 bridgehead atoms. The average Bonchev–Trinajstić information content (AvgIpc) is 2.34. The Balaban J connectivity index is 3.63. The van der Waals surface area contributed by atoms with Crippen LogP contribution in [0.4, 0.5) is 0 Å². The van der Waals surface area contributed by atoms with E-state index in [1.54, 1.807) is 0 Å². The summed E-state index contributed by atoms with van der Waals surface area (Å²) in [7, 11) is 2.18. The second kappa shape index (κ2) is 4.81. The van der Waals surface area contributed by atoms with E-state index in [4.69, 9.17) is 4.99 Å². The Hall–Kier alpha value is -1.05. The number of hydrogen-bond donors (Lipinski definition) is 0. The van der Waals surface area contributed by atoms with Crippen molar-refractivity contribution in [1.82, 2.24) is 4.90 Å². The SMILES string of the molecule is CC(C)=C(C)C1=NC(C)(C)C(C)(C)N(C)C(C)=C1C. The van der Waals surface area contributed by atoms with Crippen molar-refractivity contribution in [2.75, 3.05) is 7.05 Å². The molecule has 0 fully saturated rings. The van der Waals surface area contributed by atoms with E-state index in [1.807, 2.05) is 0 Å². The van der Waals surface area contributed by atoms with Crippen molar-refractivity contribution < 1.29 is 0 Å². The van der Waals surface area contributed by atoms with E-state index in [9.17, 15) is 0 Å². The first-order chi connectivity index (χ1) is 8.43. The molecular weight excluding hydrogens is 232 g/mol. The maximum absolute atomic E-state index is 5.12. The Labute approximate surface area is 119 Å². The molecule has 0 saturated carbocycles. The zero-order chi connectivity index (χ0) is 15.2. The molecule has 0 N–H and O–H groups in total. The number of aliphatic imine (C=N–C) groups is 1. The second-order valence-corrected chi connectivity index (χ2v) is 6.97. The molecular formula is C17H30N2. The van der Waals surface area contributed by atoms with Gasteiger partial charge in [0, 0.05) is 12.7 Å². The maximum Gasteiger partial charge on any atom is 0.0784 e. The van der Waals surface area contributed by atoms with Crippen LogP contribution in [0.25, 0.3) is 0 Å². The van der Waals surface area contributed by atoms with Crippen LogP contribution in [-0.4, -0.2) is 28.7 Å². The van der Waals surface area contributed by atoms with Crippen LogP contribution >= 0.6 is 0 Å². The van der Waals surface area contributed by atoms with Crippen molar-refractivity contribution in [3.05, 3.63) is 22.4 Å². The Morgan fingerprint density at radius 3 is 1.89 bits per heavy atom. The zero-order valence-electron chi connectivity index (χ0n) is 14.4. The van der Waals surface area contributed by atoms with Crippen LogP contribution in [0.3, 0.4) is 0 Å². The first kappa shape index (κ1) is 16.0. The lowest BCUT2D eigenvalue weighted by atomic mass is 9.81. The van der Waals surface area contributed by atoms with Crippen molar-refractivity contribution in [3.8, 4) is 0 Å². The summed E-state index contributed by atoms with van der Waals surface area (Å²) in [5.74, 6) is 0. The van der Waals surface area contributed by atoms with E-state index in [2.05, 4.69) is 74.3 Å². The molecule has 19 heavy (non-hydrogen) atoms. The molecule has 0 aliphatic carbocycles. The van der Waals surface area contributed by atoms with Crippen LogP contribution in [0.1, 0.15) is 62.3 Å². The molecule has 1 rings (SSSR count). The molecule has 0 aromatic rings. The van der Waals surface area contributed by atoms with Gasteiger partial charge in [0.25, 0.3) is 0 Å². The van der Waals surface area contributed by atoms with Gasteiger partial charge in [-0.3, -0.25) is 4.99 Å². The largest absolute Gasteiger partial charge is 0.370 e. The third kappa shape index (κ3) is 2.50. The predicted octanol–water partition coefficient (Wildman–Crippen LogP) is 4.58. The number of nitrogens with zero attached hydrogens (tertiary/aromatic N) is 2. The fraction of sp³-hybridized carbons (Fsp3) is 0.706. The van der Waals surface area contributed by atoms with Gasteiger partial charge in [-0.05, 0) is 73.5 Å². The molecule has 1 aliphatic rings. The van der Waals surface area contributed by atoms with Crippen molar-refractivity contribution >= 4 is 5.71 Å². The van der Waals surface area contributed by atoms with E-state index in [0.717, 1.165) is 0 Å². The van der Waals surface area contributed by atoms with Crippen LogP contribution in [0, 0.1) is 0 Å². The molecule has 2 heteroatoms. The Bertz CT molecular complexity index is 469. The molecule has 0 unspecified atom stereocenters. The van der Waals surface area contributed by atoms with Gasteiger partial charge >= 0.3 is 0 Å². The smallest absolute Gasteiger partial charge is 0.0784 e. The molecule has 0 aromatic carbocycles. The highest BCUT2D eigenvalue weighted by Crippen LogP contribution is 2.37. The molecule has 0 amide bonds. The summed E-state index contributed by atoms with van der Waals surface area (Å²) in [6.45, 7) is 19.9. The van der Waals surface area contributed by atoms with Gasteiger partial charge in [0.05, 0.1) is 16.8 Å². The molecule has 0 spiro atoms. The molecule has 0 atom stereocenters. The molecule has 0 saturated heterocycles. The van der Waals surface area contributed by atoms with E-state index in [0.29, 0.717) is 0 Å². The minimum Gasteiger partial charge on any atom is -0.370 e. The van der Waals surface area contributed by atoms with Crippen LogP contribution in [0.5, 0.6) is 0 Å². The van der Waals surface area contributed by atoms with Crippen LogP contribution in [0.15, 0.2) is 27.4 Å². The van der Waals surface area contributed by atoms with E-state index >= 15 is 0 Å². The van der Waals surface area contributed by atoms with Crippen LogP contribution in [0.2, 0.25) is 0 Å². The van der Waals surface area contributed by atoms with Gasteiger partial charge in [0.15, 0.2) is 0 Å². The maximum atomic E-state index is 5.12. The average molecular weight is 262 g/mol. The van der Waals surface area contributed by atoms with Crippen molar-refractivity contribution in [3.63, 3.8) is 0 Å². The first-order valence-electron chi connectivity index (χ1n) is 7.09. The summed E-state index contributed by atoms with van der Waals surface area (Å²) < 4.78 is 0. The van der Waals surface area contributed by atoms with Crippen molar-refractivity contribution in [1.29, 1.82) is 0 Å². The summed E-state index contributed by atoms with van der Waals surface area (Å²) >= 11 is 0.